The third kappa shape index (κ3) is 3.13. The Morgan fingerprint density at radius 2 is 1.77 bits per heavy atom. The van der Waals surface area contributed by atoms with E-state index in [0.29, 0.717) is 21.7 Å². The average Bonchev–Trinajstić information content (AvgIpc) is 3.08. The zero-order valence-electron chi connectivity index (χ0n) is 17.1. The van der Waals surface area contributed by atoms with Crippen LogP contribution in [0.4, 0.5) is 5.82 Å². The van der Waals surface area contributed by atoms with Gasteiger partial charge in [-0.15, -0.1) is 16.4 Å². The van der Waals surface area contributed by atoms with E-state index in [4.69, 9.17) is 11.6 Å². The molecule has 11 heteroatoms. The van der Waals surface area contributed by atoms with Crippen molar-refractivity contribution in [3.05, 3.63) is 35.4 Å². The van der Waals surface area contributed by atoms with Crippen molar-refractivity contribution in [1.82, 2.24) is 9.19 Å². The highest BCUT2D eigenvalue weighted by molar-refractivity contribution is 7.95. The predicted octanol–water partition coefficient (Wildman–Crippen LogP) is 4.30. The van der Waals surface area contributed by atoms with Crippen LogP contribution in [-0.4, -0.2) is 43.4 Å². The predicted molar refractivity (Wildman–Crippen MR) is 123 cm³/mol. The fraction of sp³-hybridized carbons (Fsp3) is 0.450. The normalized spacial score (nSPS) is 18.5. The molecule has 0 bridgehead atoms. The van der Waals surface area contributed by atoms with Crippen LogP contribution in [0.5, 0.6) is 0 Å². The Bertz CT molecular complexity index is 1400. The molecule has 7 nitrogen and oxygen atoms in total. The van der Waals surface area contributed by atoms with Gasteiger partial charge in [0.25, 0.3) is 10.0 Å². The zero-order chi connectivity index (χ0) is 22.2. The second kappa shape index (κ2) is 6.94. The van der Waals surface area contributed by atoms with E-state index in [0.717, 1.165) is 47.7 Å². The summed E-state index contributed by atoms with van der Waals surface area (Å²) in [7, 11) is -7.67. The van der Waals surface area contributed by atoms with Gasteiger partial charge in [-0.3, -0.25) is 0 Å². The van der Waals surface area contributed by atoms with E-state index >= 15 is 0 Å². The van der Waals surface area contributed by atoms with E-state index in [1.807, 2.05) is 0 Å². The van der Waals surface area contributed by atoms with E-state index in [1.54, 1.807) is 32.0 Å². The molecule has 0 unspecified atom stereocenters. The summed E-state index contributed by atoms with van der Waals surface area (Å²) in [4.78, 5) is 2.20. The molecule has 0 atom stereocenters. The van der Waals surface area contributed by atoms with E-state index in [2.05, 4.69) is 10.00 Å². The number of fused-ring (bicyclic) bond motifs is 1. The van der Waals surface area contributed by atoms with Gasteiger partial charge in [-0.1, -0.05) is 17.7 Å². The van der Waals surface area contributed by atoms with Gasteiger partial charge in [0.05, 0.1) is 21.2 Å². The summed E-state index contributed by atoms with van der Waals surface area (Å²) in [5.74, 6) is 0.589. The Hall–Kier alpha value is -1.62. The number of benzene rings is 1. The van der Waals surface area contributed by atoms with Crippen LogP contribution in [0.3, 0.4) is 0 Å². The molecule has 0 N–H and O–H groups in total. The third-order valence-corrected chi connectivity index (χ3v) is 12.4. The van der Waals surface area contributed by atoms with E-state index in [9.17, 15) is 16.8 Å². The van der Waals surface area contributed by atoms with Gasteiger partial charge in [0, 0.05) is 12.1 Å². The second-order valence-electron chi connectivity index (χ2n) is 8.45. The highest BCUT2D eigenvalue weighted by Crippen LogP contribution is 2.52. The number of thiophene rings is 1. The van der Waals surface area contributed by atoms with Crippen molar-refractivity contribution in [2.45, 2.75) is 58.7 Å². The van der Waals surface area contributed by atoms with Crippen molar-refractivity contribution in [2.75, 3.05) is 11.4 Å². The second-order valence-corrected chi connectivity index (χ2v) is 14.7. The molecule has 0 amide bonds. The van der Waals surface area contributed by atoms with Crippen molar-refractivity contribution >= 4 is 59.5 Å². The zero-order valence-corrected chi connectivity index (χ0v) is 20.3. The number of nitrogens with zero attached hydrogens (tertiary/aromatic N) is 3. The van der Waals surface area contributed by atoms with Crippen LogP contribution < -0.4 is 4.90 Å². The largest absolute Gasteiger partial charge is 0.349 e. The molecule has 3 heterocycles. The molecule has 1 aliphatic heterocycles. The standard InChI is InChI=1S/C20H22ClN3O4S3/c1-13(2)30(25,26)16-7-8-17(29-16)31(27,28)24-15-6-3-5-14(21)18(15)19(22-24)23-12-4-9-20(23)10-11-20/h3,5-8,13H,4,9-12H2,1-2H3. The summed E-state index contributed by atoms with van der Waals surface area (Å²) in [5.41, 5.74) is 0.461. The molecule has 5 rings (SSSR count). The van der Waals surface area contributed by atoms with Crippen molar-refractivity contribution < 1.29 is 16.8 Å². The Kier molecular flexibility index (Phi) is 4.75. The molecule has 2 aliphatic rings. The highest BCUT2D eigenvalue weighted by Gasteiger charge is 2.52. The molecular weight excluding hydrogens is 478 g/mol. The summed E-state index contributed by atoms with van der Waals surface area (Å²) >= 11 is 7.26. The van der Waals surface area contributed by atoms with Crippen molar-refractivity contribution in [3.8, 4) is 0 Å². The topological polar surface area (TPSA) is 89.3 Å². The van der Waals surface area contributed by atoms with Crippen LogP contribution in [-0.2, 0) is 19.9 Å². The molecule has 1 spiro atoms. The quantitative estimate of drug-likeness (QED) is 0.519. The minimum atomic E-state index is -4.10. The Balaban J connectivity index is 1.68. The fourth-order valence-corrected chi connectivity index (χ4v) is 9.13. The molecule has 2 aromatic heterocycles. The molecule has 166 valence electrons. The fourth-order valence-electron chi connectivity index (χ4n) is 4.30. The smallest absolute Gasteiger partial charge is 0.293 e. The van der Waals surface area contributed by atoms with Gasteiger partial charge in [-0.25, -0.2) is 8.42 Å². The first-order valence-electron chi connectivity index (χ1n) is 10.1. The molecule has 31 heavy (non-hydrogen) atoms. The van der Waals surface area contributed by atoms with Gasteiger partial charge in [-0.2, -0.15) is 12.5 Å². The van der Waals surface area contributed by atoms with Crippen LogP contribution in [0, 0.1) is 0 Å². The number of sulfone groups is 1. The van der Waals surface area contributed by atoms with Crippen LogP contribution in [0.2, 0.25) is 5.02 Å². The minimum absolute atomic E-state index is 0.0345. The first-order chi connectivity index (χ1) is 14.6. The summed E-state index contributed by atoms with van der Waals surface area (Å²) in [6.45, 7) is 3.96. The van der Waals surface area contributed by atoms with Gasteiger partial charge in [0.2, 0.25) is 0 Å². The van der Waals surface area contributed by atoms with Gasteiger partial charge in [0.15, 0.2) is 15.7 Å². The lowest BCUT2D eigenvalue weighted by Crippen LogP contribution is -2.31. The maximum atomic E-state index is 13.5. The van der Waals surface area contributed by atoms with Crippen molar-refractivity contribution in [3.63, 3.8) is 0 Å². The molecule has 1 aliphatic carbocycles. The maximum absolute atomic E-state index is 13.5. The number of hydrogen-bond donors (Lipinski definition) is 0. The third-order valence-electron chi connectivity index (χ3n) is 6.23. The first-order valence-corrected chi connectivity index (χ1v) is 14.3. The van der Waals surface area contributed by atoms with Gasteiger partial charge < -0.3 is 4.90 Å². The molecule has 1 saturated carbocycles. The summed E-state index contributed by atoms with van der Waals surface area (Å²) in [6, 6.07) is 7.81. The average molecular weight is 500 g/mol. The number of halogens is 1. The van der Waals surface area contributed by atoms with Crippen LogP contribution in [0.25, 0.3) is 10.9 Å². The lowest BCUT2D eigenvalue weighted by Gasteiger charge is -2.24. The number of rotatable bonds is 5. The molecule has 0 radical (unpaired) electrons. The Morgan fingerprint density at radius 1 is 1.06 bits per heavy atom. The lowest BCUT2D eigenvalue weighted by molar-refractivity contribution is 0.583. The molecule has 2 fully saturated rings. The summed E-state index contributed by atoms with van der Waals surface area (Å²) < 4.78 is 53.0. The monoisotopic (exact) mass is 499 g/mol. The maximum Gasteiger partial charge on any atom is 0.293 e. The summed E-state index contributed by atoms with van der Waals surface area (Å²) in [5, 5.41) is 4.98. The summed E-state index contributed by atoms with van der Waals surface area (Å²) in [6.07, 6.45) is 4.24. The molecule has 3 aromatic rings. The Morgan fingerprint density at radius 3 is 2.45 bits per heavy atom. The number of hydrogen-bond acceptors (Lipinski definition) is 7. The van der Waals surface area contributed by atoms with Crippen molar-refractivity contribution in [1.29, 1.82) is 0 Å². The molecule has 1 saturated heterocycles. The van der Waals surface area contributed by atoms with Gasteiger partial charge in [-0.05, 0) is 63.8 Å². The van der Waals surface area contributed by atoms with Crippen LogP contribution in [0.15, 0.2) is 38.8 Å². The SMILES string of the molecule is CC(C)S(=O)(=O)c1ccc(S(=O)(=O)n2nc(N3CCCC34CC4)c3c(Cl)cccc32)s1. The Labute approximate surface area is 190 Å². The van der Waals surface area contributed by atoms with Gasteiger partial charge in [0.1, 0.15) is 8.42 Å². The lowest BCUT2D eigenvalue weighted by atomic mass is 10.2. The molecule has 1 aromatic carbocycles. The first kappa shape index (κ1) is 21.2. The van der Waals surface area contributed by atoms with Crippen LogP contribution >= 0.6 is 22.9 Å². The van der Waals surface area contributed by atoms with E-state index < -0.39 is 25.1 Å². The molecular formula is C20H22ClN3O4S3. The number of anilines is 1. The van der Waals surface area contributed by atoms with E-state index in [-0.39, 0.29) is 14.0 Å². The number of aromatic nitrogens is 2. The van der Waals surface area contributed by atoms with Crippen LogP contribution in [0.1, 0.15) is 39.5 Å². The van der Waals surface area contributed by atoms with E-state index in [1.165, 1.54) is 12.1 Å². The highest BCUT2D eigenvalue weighted by atomic mass is 35.5. The van der Waals surface area contributed by atoms with Crippen molar-refractivity contribution in [2.24, 2.45) is 0 Å². The van der Waals surface area contributed by atoms with Gasteiger partial charge >= 0.3 is 0 Å². The minimum Gasteiger partial charge on any atom is -0.349 e.